The first-order chi connectivity index (χ1) is 12.0. The summed E-state index contributed by atoms with van der Waals surface area (Å²) in [6.07, 6.45) is 0. The number of nitrogens with two attached hydrogens (primary N) is 1. The Balaban J connectivity index is 1.96. The highest BCUT2D eigenvalue weighted by molar-refractivity contribution is 6.39. The number of hydrogen-bond acceptors (Lipinski definition) is 5. The van der Waals surface area contributed by atoms with Gasteiger partial charge in [-0.2, -0.15) is 4.98 Å². The van der Waals surface area contributed by atoms with Crippen LogP contribution in [0.25, 0.3) is 11.1 Å². The average molecular weight is 377 g/mol. The predicted octanol–water partition coefficient (Wildman–Crippen LogP) is 3.46. The van der Waals surface area contributed by atoms with E-state index in [1.165, 1.54) is 0 Å². The first-order valence-corrected chi connectivity index (χ1v) is 8.00. The van der Waals surface area contributed by atoms with Crippen LogP contribution in [0.5, 0.6) is 0 Å². The summed E-state index contributed by atoms with van der Waals surface area (Å²) in [5, 5.41) is 12.8. The zero-order valence-electron chi connectivity index (χ0n) is 13.1. The van der Waals surface area contributed by atoms with Gasteiger partial charge in [0.2, 0.25) is 11.9 Å². The van der Waals surface area contributed by atoms with Crippen molar-refractivity contribution in [3.8, 4) is 11.1 Å². The van der Waals surface area contributed by atoms with Crippen molar-refractivity contribution < 1.29 is 4.79 Å². The van der Waals surface area contributed by atoms with E-state index in [0.717, 1.165) is 5.56 Å². The van der Waals surface area contributed by atoms with E-state index in [9.17, 15) is 4.79 Å². The van der Waals surface area contributed by atoms with Crippen molar-refractivity contribution in [1.29, 1.82) is 0 Å². The van der Waals surface area contributed by atoms with Crippen LogP contribution in [0.3, 0.4) is 0 Å². The SMILES string of the molecule is CNC(=O)c1cccc(-c2c(Cl)cc(Nc3n[nH]c(N)n3)cc2Cl)c1. The number of benzene rings is 2. The number of hydrogen-bond donors (Lipinski definition) is 4. The predicted molar refractivity (Wildman–Crippen MR) is 99.4 cm³/mol. The van der Waals surface area contributed by atoms with Gasteiger partial charge in [-0.1, -0.05) is 35.3 Å². The third-order valence-electron chi connectivity index (χ3n) is 3.44. The molecule has 1 aromatic heterocycles. The monoisotopic (exact) mass is 376 g/mol. The van der Waals surface area contributed by atoms with E-state index < -0.39 is 0 Å². The summed E-state index contributed by atoms with van der Waals surface area (Å²) in [6.45, 7) is 0. The molecule has 0 aliphatic heterocycles. The zero-order valence-corrected chi connectivity index (χ0v) is 14.6. The molecule has 5 N–H and O–H groups in total. The van der Waals surface area contributed by atoms with Crippen molar-refractivity contribution in [2.24, 2.45) is 0 Å². The molecule has 1 heterocycles. The summed E-state index contributed by atoms with van der Waals surface area (Å²) >= 11 is 12.8. The highest BCUT2D eigenvalue weighted by Gasteiger charge is 2.13. The molecule has 9 heteroatoms. The van der Waals surface area contributed by atoms with Crippen LogP contribution in [-0.2, 0) is 0 Å². The van der Waals surface area contributed by atoms with Crippen LogP contribution in [-0.4, -0.2) is 28.1 Å². The van der Waals surface area contributed by atoms with Gasteiger partial charge < -0.3 is 16.4 Å². The molecule has 0 radical (unpaired) electrons. The molecule has 7 nitrogen and oxygen atoms in total. The quantitative estimate of drug-likeness (QED) is 0.557. The maximum absolute atomic E-state index is 11.8. The second kappa shape index (κ2) is 7.00. The summed E-state index contributed by atoms with van der Waals surface area (Å²) < 4.78 is 0. The minimum atomic E-state index is -0.186. The number of aromatic amines is 1. The molecule has 0 unspecified atom stereocenters. The molecule has 2 aromatic carbocycles. The molecule has 0 fully saturated rings. The third-order valence-corrected chi connectivity index (χ3v) is 4.04. The Hall–Kier alpha value is -2.77. The highest BCUT2D eigenvalue weighted by Crippen LogP contribution is 2.38. The minimum absolute atomic E-state index is 0.186. The van der Waals surface area contributed by atoms with E-state index in [1.807, 2.05) is 6.07 Å². The Morgan fingerprint density at radius 1 is 1.20 bits per heavy atom. The summed E-state index contributed by atoms with van der Waals surface area (Å²) in [6, 6.07) is 10.4. The van der Waals surface area contributed by atoms with Gasteiger partial charge in [-0.25, -0.2) is 5.10 Å². The highest BCUT2D eigenvalue weighted by atomic mass is 35.5. The smallest absolute Gasteiger partial charge is 0.251 e. The standard InChI is InChI=1S/C16H14Cl2N6O/c1-20-14(25)9-4-2-3-8(5-9)13-11(17)6-10(7-12(13)18)21-16-22-15(19)23-24-16/h2-7H,1H3,(H,20,25)(H4,19,21,22,23,24). The van der Waals surface area contributed by atoms with E-state index in [4.69, 9.17) is 28.9 Å². The molecule has 3 aromatic rings. The summed E-state index contributed by atoms with van der Waals surface area (Å²) in [4.78, 5) is 15.8. The molecule has 0 aliphatic rings. The largest absolute Gasteiger partial charge is 0.368 e. The maximum atomic E-state index is 11.8. The van der Waals surface area contributed by atoms with Crippen molar-refractivity contribution in [1.82, 2.24) is 20.5 Å². The van der Waals surface area contributed by atoms with Crippen LogP contribution < -0.4 is 16.4 Å². The molecule has 0 saturated carbocycles. The minimum Gasteiger partial charge on any atom is -0.368 e. The van der Waals surface area contributed by atoms with Gasteiger partial charge in [-0.15, -0.1) is 5.10 Å². The number of carbonyl (C=O) groups is 1. The van der Waals surface area contributed by atoms with Gasteiger partial charge in [-0.05, 0) is 29.8 Å². The molecule has 25 heavy (non-hydrogen) atoms. The van der Waals surface area contributed by atoms with Crippen LogP contribution in [0.4, 0.5) is 17.6 Å². The van der Waals surface area contributed by atoms with Gasteiger partial charge in [0, 0.05) is 23.9 Å². The van der Waals surface area contributed by atoms with Crippen molar-refractivity contribution in [2.45, 2.75) is 0 Å². The molecule has 0 spiro atoms. The first-order valence-electron chi connectivity index (χ1n) is 7.24. The Bertz CT molecular complexity index is 917. The summed E-state index contributed by atoms with van der Waals surface area (Å²) in [5.41, 5.74) is 7.99. The van der Waals surface area contributed by atoms with Gasteiger partial charge in [0.25, 0.3) is 5.91 Å². The fraction of sp³-hybridized carbons (Fsp3) is 0.0625. The molecular formula is C16H14Cl2N6O. The summed E-state index contributed by atoms with van der Waals surface area (Å²) in [7, 11) is 1.57. The Morgan fingerprint density at radius 3 is 2.52 bits per heavy atom. The first kappa shape index (κ1) is 17.1. The normalized spacial score (nSPS) is 10.5. The lowest BCUT2D eigenvalue weighted by molar-refractivity contribution is 0.0963. The second-order valence-corrected chi connectivity index (χ2v) is 5.96. The number of rotatable bonds is 4. The second-order valence-electron chi connectivity index (χ2n) is 5.14. The summed E-state index contributed by atoms with van der Waals surface area (Å²) in [5.74, 6) is 0.316. The number of nitrogens with zero attached hydrogens (tertiary/aromatic N) is 2. The lowest BCUT2D eigenvalue weighted by Crippen LogP contribution is -2.17. The van der Waals surface area contributed by atoms with Crippen molar-refractivity contribution in [3.63, 3.8) is 0 Å². The van der Waals surface area contributed by atoms with Gasteiger partial charge in [0.05, 0.1) is 10.0 Å². The zero-order chi connectivity index (χ0) is 18.0. The van der Waals surface area contributed by atoms with Gasteiger partial charge in [-0.3, -0.25) is 4.79 Å². The number of nitrogens with one attached hydrogen (secondary N) is 3. The van der Waals surface area contributed by atoms with Crippen molar-refractivity contribution in [2.75, 3.05) is 18.1 Å². The van der Waals surface area contributed by atoms with E-state index >= 15 is 0 Å². The number of H-pyrrole nitrogens is 1. The maximum Gasteiger partial charge on any atom is 0.251 e. The topological polar surface area (TPSA) is 109 Å². The van der Waals surface area contributed by atoms with Crippen LogP contribution in [0, 0.1) is 0 Å². The Labute approximate surface area is 153 Å². The number of aromatic nitrogens is 3. The molecule has 0 aliphatic carbocycles. The van der Waals surface area contributed by atoms with Crippen LogP contribution >= 0.6 is 23.2 Å². The lowest BCUT2D eigenvalue weighted by Gasteiger charge is -2.11. The number of halogens is 2. The number of nitrogen functional groups attached to an aromatic ring is 1. The van der Waals surface area contributed by atoms with Crippen LogP contribution in [0.1, 0.15) is 10.4 Å². The lowest BCUT2D eigenvalue weighted by atomic mass is 10.0. The fourth-order valence-electron chi connectivity index (χ4n) is 2.34. The average Bonchev–Trinajstić information content (AvgIpc) is 2.98. The molecule has 0 atom stereocenters. The molecule has 0 bridgehead atoms. The number of amides is 1. The molecule has 128 valence electrons. The molecular weight excluding hydrogens is 363 g/mol. The molecule has 0 saturated heterocycles. The Morgan fingerprint density at radius 2 is 1.92 bits per heavy atom. The Kier molecular flexibility index (Phi) is 4.78. The van der Waals surface area contributed by atoms with Gasteiger partial charge >= 0.3 is 0 Å². The van der Waals surface area contributed by atoms with Gasteiger partial charge in [0.15, 0.2) is 0 Å². The van der Waals surface area contributed by atoms with Gasteiger partial charge in [0.1, 0.15) is 0 Å². The van der Waals surface area contributed by atoms with Crippen molar-refractivity contribution >= 4 is 46.7 Å². The number of carbonyl (C=O) groups excluding carboxylic acids is 1. The van der Waals surface area contributed by atoms with E-state index in [-0.39, 0.29) is 11.9 Å². The van der Waals surface area contributed by atoms with Crippen LogP contribution in [0.15, 0.2) is 36.4 Å². The molecule has 3 rings (SSSR count). The van der Waals surface area contributed by atoms with E-state index in [2.05, 4.69) is 25.8 Å². The van der Waals surface area contributed by atoms with Crippen LogP contribution in [0.2, 0.25) is 10.0 Å². The third kappa shape index (κ3) is 3.67. The van der Waals surface area contributed by atoms with Crippen molar-refractivity contribution in [3.05, 3.63) is 52.0 Å². The number of anilines is 3. The van der Waals surface area contributed by atoms with E-state index in [1.54, 1.807) is 37.4 Å². The molecule has 1 amide bonds. The van der Waals surface area contributed by atoms with E-state index in [0.29, 0.717) is 32.8 Å². The fourth-order valence-corrected chi connectivity index (χ4v) is 3.05.